The first-order chi connectivity index (χ1) is 10.3. The van der Waals surface area contributed by atoms with Gasteiger partial charge in [-0.05, 0) is 31.7 Å². The smallest absolute Gasteiger partial charge is 0.391 e. The van der Waals surface area contributed by atoms with Gasteiger partial charge in [-0.2, -0.15) is 13.2 Å². The van der Waals surface area contributed by atoms with Crippen molar-refractivity contribution >= 4 is 5.69 Å². The third-order valence-corrected chi connectivity index (χ3v) is 3.79. The van der Waals surface area contributed by atoms with Gasteiger partial charge in [0.25, 0.3) is 5.69 Å². The van der Waals surface area contributed by atoms with Gasteiger partial charge in [-0.15, -0.1) is 0 Å². The predicted molar refractivity (Wildman–Crippen MR) is 72.1 cm³/mol. The van der Waals surface area contributed by atoms with Crippen molar-refractivity contribution in [2.24, 2.45) is 5.92 Å². The number of rotatable bonds is 4. The molecule has 8 heteroatoms. The zero-order chi connectivity index (χ0) is 16.3. The van der Waals surface area contributed by atoms with Gasteiger partial charge in [-0.3, -0.25) is 10.1 Å². The Labute approximate surface area is 125 Å². The number of halogens is 3. The van der Waals surface area contributed by atoms with Gasteiger partial charge in [0.05, 0.1) is 30.1 Å². The minimum atomic E-state index is -4.17. The van der Waals surface area contributed by atoms with Gasteiger partial charge in [0, 0.05) is 6.07 Å². The lowest BCUT2D eigenvalue weighted by molar-refractivity contribution is -0.385. The van der Waals surface area contributed by atoms with Crippen LogP contribution in [0.25, 0.3) is 0 Å². The molecular formula is C14H16F3NO4. The quantitative estimate of drug-likeness (QED) is 0.619. The van der Waals surface area contributed by atoms with Crippen molar-refractivity contribution < 1.29 is 27.6 Å². The van der Waals surface area contributed by atoms with Gasteiger partial charge in [0.15, 0.2) is 11.5 Å². The van der Waals surface area contributed by atoms with Crippen LogP contribution in [0.2, 0.25) is 0 Å². The molecule has 5 nitrogen and oxygen atoms in total. The molecule has 1 aromatic carbocycles. The average molecular weight is 319 g/mol. The third kappa shape index (κ3) is 3.80. The van der Waals surface area contributed by atoms with E-state index in [1.54, 1.807) is 0 Å². The number of benzene rings is 1. The van der Waals surface area contributed by atoms with E-state index >= 15 is 0 Å². The normalized spacial score (nSPS) is 22.2. The molecule has 0 radical (unpaired) electrons. The van der Waals surface area contributed by atoms with Crippen LogP contribution in [-0.2, 0) is 0 Å². The van der Waals surface area contributed by atoms with Crippen LogP contribution in [0.4, 0.5) is 18.9 Å². The highest BCUT2D eigenvalue weighted by atomic mass is 19.4. The Morgan fingerprint density at radius 2 is 1.82 bits per heavy atom. The summed E-state index contributed by atoms with van der Waals surface area (Å²) in [6.45, 7) is 0. The first-order valence-electron chi connectivity index (χ1n) is 6.87. The number of hydrogen-bond acceptors (Lipinski definition) is 4. The number of ether oxygens (including phenoxy) is 2. The van der Waals surface area contributed by atoms with E-state index in [0.717, 1.165) is 0 Å². The van der Waals surface area contributed by atoms with E-state index in [2.05, 4.69) is 0 Å². The summed E-state index contributed by atoms with van der Waals surface area (Å²) in [5, 5.41) is 10.8. The van der Waals surface area contributed by atoms with Crippen LogP contribution in [0.3, 0.4) is 0 Å². The molecule has 22 heavy (non-hydrogen) atoms. The van der Waals surface area contributed by atoms with Crippen LogP contribution in [-0.4, -0.2) is 24.3 Å². The molecule has 2 rings (SSSR count). The maximum absolute atomic E-state index is 12.6. The SMILES string of the molecule is COc1ccc([N+](=O)[O-])cc1OC1CCC(C(F)(F)F)CC1. The molecule has 0 aromatic heterocycles. The van der Waals surface area contributed by atoms with Gasteiger partial charge in [0.2, 0.25) is 0 Å². The van der Waals surface area contributed by atoms with Gasteiger partial charge in [-0.1, -0.05) is 0 Å². The molecule has 0 amide bonds. The van der Waals surface area contributed by atoms with E-state index in [0.29, 0.717) is 5.75 Å². The molecule has 0 atom stereocenters. The molecule has 0 heterocycles. The Balaban J connectivity index is 2.05. The molecule has 0 unspecified atom stereocenters. The molecule has 0 aliphatic heterocycles. The molecule has 122 valence electrons. The van der Waals surface area contributed by atoms with Crippen molar-refractivity contribution in [1.82, 2.24) is 0 Å². The number of methoxy groups -OCH3 is 1. The second-order valence-electron chi connectivity index (χ2n) is 5.23. The Hall–Kier alpha value is -1.99. The molecule has 0 spiro atoms. The first kappa shape index (κ1) is 16.4. The van der Waals surface area contributed by atoms with Crippen LogP contribution in [0.1, 0.15) is 25.7 Å². The highest BCUT2D eigenvalue weighted by molar-refractivity contribution is 5.48. The lowest BCUT2D eigenvalue weighted by Crippen LogP contribution is -2.31. The van der Waals surface area contributed by atoms with Gasteiger partial charge < -0.3 is 9.47 Å². The van der Waals surface area contributed by atoms with Crippen molar-refractivity contribution in [3.05, 3.63) is 28.3 Å². The summed E-state index contributed by atoms with van der Waals surface area (Å²) in [5.74, 6) is -0.782. The lowest BCUT2D eigenvalue weighted by Gasteiger charge is -2.30. The summed E-state index contributed by atoms with van der Waals surface area (Å²) in [6, 6.07) is 3.93. The Kier molecular flexibility index (Phi) is 4.77. The minimum Gasteiger partial charge on any atom is -0.493 e. The molecule has 0 N–H and O–H groups in total. The third-order valence-electron chi connectivity index (χ3n) is 3.79. The topological polar surface area (TPSA) is 61.6 Å². The predicted octanol–water partition coefficient (Wildman–Crippen LogP) is 4.10. The van der Waals surface area contributed by atoms with Crippen molar-refractivity contribution in [3.8, 4) is 11.5 Å². The minimum absolute atomic E-state index is 0.00537. The monoisotopic (exact) mass is 319 g/mol. The Bertz CT molecular complexity index is 539. The highest BCUT2D eigenvalue weighted by Crippen LogP contribution is 2.40. The standard InChI is InChI=1S/C14H16F3NO4/c1-21-12-7-4-10(18(19)20)8-13(12)22-11-5-2-9(3-6-11)14(15,16)17/h4,7-9,11H,2-3,5-6H2,1H3. The summed E-state index contributed by atoms with van der Waals surface area (Å²) < 4.78 is 48.6. The van der Waals surface area contributed by atoms with E-state index in [1.807, 2.05) is 0 Å². The highest BCUT2D eigenvalue weighted by Gasteiger charge is 2.41. The molecule has 1 fully saturated rings. The lowest BCUT2D eigenvalue weighted by atomic mass is 9.87. The molecule has 1 saturated carbocycles. The van der Waals surface area contributed by atoms with Crippen molar-refractivity contribution in [2.75, 3.05) is 7.11 Å². The number of nitro groups is 1. The summed E-state index contributed by atoms with van der Waals surface area (Å²) in [5.41, 5.74) is -0.153. The van der Waals surface area contributed by atoms with Crippen LogP contribution in [0.15, 0.2) is 18.2 Å². The molecule has 0 bridgehead atoms. The van der Waals surface area contributed by atoms with E-state index in [9.17, 15) is 23.3 Å². The molecular weight excluding hydrogens is 303 g/mol. The van der Waals surface area contributed by atoms with Crippen molar-refractivity contribution in [2.45, 2.75) is 38.0 Å². The number of nitro benzene ring substituents is 1. The maximum atomic E-state index is 12.6. The fourth-order valence-corrected chi connectivity index (χ4v) is 2.56. The largest absolute Gasteiger partial charge is 0.493 e. The van der Waals surface area contributed by atoms with E-state index < -0.39 is 23.1 Å². The average Bonchev–Trinajstić information content (AvgIpc) is 2.46. The maximum Gasteiger partial charge on any atom is 0.391 e. The van der Waals surface area contributed by atoms with Crippen LogP contribution in [0, 0.1) is 16.0 Å². The molecule has 1 aliphatic carbocycles. The number of hydrogen-bond donors (Lipinski definition) is 0. The fourth-order valence-electron chi connectivity index (χ4n) is 2.56. The Morgan fingerprint density at radius 1 is 1.18 bits per heavy atom. The molecule has 1 aromatic rings. The van der Waals surface area contributed by atoms with Gasteiger partial charge >= 0.3 is 6.18 Å². The first-order valence-corrected chi connectivity index (χ1v) is 6.87. The second kappa shape index (κ2) is 6.41. The van der Waals surface area contributed by atoms with Crippen LogP contribution >= 0.6 is 0 Å². The van der Waals surface area contributed by atoms with Crippen LogP contribution in [0.5, 0.6) is 11.5 Å². The molecule has 1 aliphatic rings. The van der Waals surface area contributed by atoms with E-state index in [-0.39, 0.29) is 37.1 Å². The summed E-state index contributed by atoms with van der Waals surface area (Å²) in [7, 11) is 1.40. The molecule has 0 saturated heterocycles. The van der Waals surface area contributed by atoms with E-state index in [4.69, 9.17) is 9.47 Å². The fraction of sp³-hybridized carbons (Fsp3) is 0.571. The van der Waals surface area contributed by atoms with Crippen LogP contribution < -0.4 is 9.47 Å². The number of non-ortho nitro benzene ring substituents is 1. The van der Waals surface area contributed by atoms with Crippen molar-refractivity contribution in [1.29, 1.82) is 0 Å². The summed E-state index contributed by atoms with van der Waals surface area (Å²) in [6.07, 6.45) is -4.04. The van der Waals surface area contributed by atoms with Gasteiger partial charge in [0.1, 0.15) is 0 Å². The second-order valence-corrected chi connectivity index (χ2v) is 5.23. The summed E-state index contributed by atoms with van der Waals surface area (Å²) >= 11 is 0. The summed E-state index contributed by atoms with van der Waals surface area (Å²) in [4.78, 5) is 10.2. The van der Waals surface area contributed by atoms with Gasteiger partial charge in [-0.25, -0.2) is 0 Å². The number of nitrogens with zero attached hydrogens (tertiary/aromatic N) is 1. The Morgan fingerprint density at radius 3 is 2.32 bits per heavy atom. The number of alkyl halides is 3. The van der Waals surface area contributed by atoms with E-state index in [1.165, 1.54) is 25.3 Å². The van der Waals surface area contributed by atoms with Crippen molar-refractivity contribution in [3.63, 3.8) is 0 Å². The zero-order valence-electron chi connectivity index (χ0n) is 11.9. The zero-order valence-corrected chi connectivity index (χ0v) is 11.9.